The number of nitrogens with one attached hydrogen (secondary N) is 3. The van der Waals surface area contributed by atoms with Gasteiger partial charge in [0.15, 0.2) is 0 Å². The Morgan fingerprint density at radius 2 is 2.16 bits per heavy atom. The van der Waals surface area contributed by atoms with Crippen LogP contribution in [-0.2, 0) is 0 Å². The van der Waals surface area contributed by atoms with Crippen LogP contribution in [0, 0.1) is 0 Å². The van der Waals surface area contributed by atoms with Crippen molar-refractivity contribution in [3.05, 3.63) is 58.6 Å². The number of nitrogens with zero attached hydrogens (tertiary/aromatic N) is 1. The number of carbonyl (C=O) groups excluding carboxylic acids is 1. The van der Waals surface area contributed by atoms with Gasteiger partial charge in [0.05, 0.1) is 11.7 Å². The highest BCUT2D eigenvalue weighted by atomic mass is 16.2. The number of fused-ring (bicyclic) bond motifs is 1. The Kier molecular flexibility index (Phi) is 2.60. The van der Waals surface area contributed by atoms with Crippen molar-refractivity contribution in [3.8, 4) is 0 Å². The molecule has 0 saturated carbocycles. The summed E-state index contributed by atoms with van der Waals surface area (Å²) in [7, 11) is 0. The Morgan fingerprint density at radius 1 is 1.26 bits per heavy atom. The number of rotatable bonds is 2. The van der Waals surface area contributed by atoms with Crippen molar-refractivity contribution in [3.63, 3.8) is 0 Å². The topological polar surface area (TPSA) is 90.6 Å². The molecule has 94 valence electrons. The Balaban J connectivity index is 1.90. The lowest BCUT2D eigenvalue weighted by Gasteiger charge is -2.04. The number of H-pyrrole nitrogens is 2. The van der Waals surface area contributed by atoms with Crippen molar-refractivity contribution in [1.82, 2.24) is 15.2 Å². The van der Waals surface area contributed by atoms with Crippen molar-refractivity contribution < 1.29 is 4.79 Å². The van der Waals surface area contributed by atoms with E-state index < -0.39 is 11.5 Å². The minimum Gasteiger partial charge on any atom is -0.328 e. The first kappa shape index (κ1) is 11.2. The summed E-state index contributed by atoms with van der Waals surface area (Å²) < 4.78 is 0. The van der Waals surface area contributed by atoms with E-state index in [1.807, 2.05) is 6.07 Å². The zero-order valence-corrected chi connectivity index (χ0v) is 9.81. The maximum atomic E-state index is 12.0. The first-order valence-corrected chi connectivity index (χ1v) is 5.66. The van der Waals surface area contributed by atoms with Crippen LogP contribution in [0.1, 0.15) is 10.4 Å². The van der Waals surface area contributed by atoms with Crippen molar-refractivity contribution in [1.29, 1.82) is 0 Å². The molecular weight excluding hydrogens is 244 g/mol. The normalized spacial score (nSPS) is 10.5. The molecule has 0 aliphatic carbocycles. The van der Waals surface area contributed by atoms with Gasteiger partial charge in [-0.1, -0.05) is 0 Å². The highest BCUT2D eigenvalue weighted by molar-refractivity contribution is 6.04. The molecule has 1 amide bonds. The molecule has 0 saturated heterocycles. The zero-order chi connectivity index (χ0) is 13.2. The minimum atomic E-state index is -0.444. The second-order valence-electron chi connectivity index (χ2n) is 4.04. The van der Waals surface area contributed by atoms with Gasteiger partial charge in [-0.2, -0.15) is 5.10 Å². The predicted octanol–water partition coefficient (Wildman–Crippen LogP) is 1.50. The van der Waals surface area contributed by atoms with Crippen LogP contribution >= 0.6 is 0 Å². The predicted molar refractivity (Wildman–Crippen MR) is 71.1 cm³/mol. The van der Waals surface area contributed by atoms with E-state index in [-0.39, 0.29) is 5.56 Å². The number of aromatic amines is 2. The number of amides is 1. The summed E-state index contributed by atoms with van der Waals surface area (Å²) >= 11 is 0. The molecular formula is C13H10N4O2. The molecule has 2 heterocycles. The first-order valence-electron chi connectivity index (χ1n) is 5.66. The second kappa shape index (κ2) is 4.41. The summed E-state index contributed by atoms with van der Waals surface area (Å²) in [5.41, 5.74) is 1.08. The Hall–Kier alpha value is -2.89. The molecule has 0 bridgehead atoms. The lowest BCUT2D eigenvalue weighted by Crippen LogP contribution is -2.22. The van der Waals surface area contributed by atoms with Crippen LogP contribution in [0.15, 0.2) is 47.5 Å². The van der Waals surface area contributed by atoms with Gasteiger partial charge in [-0.15, -0.1) is 0 Å². The molecule has 0 aliphatic heterocycles. The number of pyridine rings is 1. The van der Waals surface area contributed by atoms with Gasteiger partial charge < -0.3 is 10.3 Å². The third kappa shape index (κ3) is 2.11. The largest absolute Gasteiger partial charge is 0.328 e. The van der Waals surface area contributed by atoms with E-state index in [4.69, 9.17) is 0 Å². The molecule has 0 unspecified atom stereocenters. The molecule has 0 aliphatic rings. The molecule has 3 N–H and O–H groups in total. The van der Waals surface area contributed by atoms with Crippen molar-refractivity contribution in [2.45, 2.75) is 0 Å². The molecule has 0 atom stereocenters. The summed E-state index contributed by atoms with van der Waals surface area (Å²) in [6.45, 7) is 0. The zero-order valence-electron chi connectivity index (χ0n) is 9.81. The molecule has 6 heteroatoms. The molecule has 0 spiro atoms. The van der Waals surface area contributed by atoms with Gasteiger partial charge in [0.2, 0.25) is 0 Å². The Morgan fingerprint density at radius 3 is 3.00 bits per heavy atom. The van der Waals surface area contributed by atoms with E-state index in [1.54, 1.807) is 24.4 Å². The molecule has 0 fully saturated rings. The fourth-order valence-electron chi connectivity index (χ4n) is 1.81. The van der Waals surface area contributed by atoms with Gasteiger partial charge in [-0.05, 0) is 30.3 Å². The number of carbonyl (C=O) groups is 1. The van der Waals surface area contributed by atoms with Crippen LogP contribution in [0.2, 0.25) is 0 Å². The number of aromatic nitrogens is 3. The summed E-state index contributed by atoms with van der Waals surface area (Å²) in [6.07, 6.45) is 3.18. The average Bonchev–Trinajstić information content (AvgIpc) is 2.86. The standard InChI is InChI=1S/C13H10N4O2/c18-12-10(2-1-5-14-12)13(19)16-9-4-3-8-7-15-17-11(8)6-9/h1-7H,(H,14,18)(H,15,17)(H,16,19). The fraction of sp³-hybridized carbons (Fsp3) is 0. The molecule has 1 aromatic carbocycles. The highest BCUT2D eigenvalue weighted by Gasteiger charge is 2.10. The van der Waals surface area contributed by atoms with E-state index >= 15 is 0 Å². The van der Waals surface area contributed by atoms with Crippen molar-refractivity contribution in [2.75, 3.05) is 5.32 Å². The number of hydrogen-bond acceptors (Lipinski definition) is 3. The summed E-state index contributed by atoms with van der Waals surface area (Å²) in [5.74, 6) is -0.444. The van der Waals surface area contributed by atoms with Gasteiger partial charge >= 0.3 is 0 Å². The maximum Gasteiger partial charge on any atom is 0.261 e. The Labute approximate surface area is 107 Å². The average molecular weight is 254 g/mol. The summed E-state index contributed by atoms with van der Waals surface area (Å²) in [5, 5.41) is 10.3. The van der Waals surface area contributed by atoms with Crippen LogP contribution in [-0.4, -0.2) is 21.1 Å². The monoisotopic (exact) mass is 254 g/mol. The van der Waals surface area contributed by atoms with Crippen LogP contribution in [0.3, 0.4) is 0 Å². The van der Waals surface area contributed by atoms with E-state index in [0.717, 1.165) is 10.9 Å². The SMILES string of the molecule is O=C(Nc1ccc2cn[nH]c2c1)c1ccc[nH]c1=O. The van der Waals surface area contributed by atoms with E-state index in [2.05, 4.69) is 20.5 Å². The molecule has 3 aromatic rings. The van der Waals surface area contributed by atoms with E-state index in [9.17, 15) is 9.59 Å². The van der Waals surface area contributed by atoms with Gasteiger partial charge in [-0.3, -0.25) is 14.7 Å². The van der Waals surface area contributed by atoms with Crippen molar-refractivity contribution in [2.24, 2.45) is 0 Å². The molecule has 3 rings (SSSR count). The lowest BCUT2D eigenvalue weighted by atomic mass is 10.2. The first-order chi connectivity index (χ1) is 9.24. The maximum absolute atomic E-state index is 12.0. The van der Waals surface area contributed by atoms with Crippen LogP contribution in [0.4, 0.5) is 5.69 Å². The minimum absolute atomic E-state index is 0.0761. The fourth-order valence-corrected chi connectivity index (χ4v) is 1.81. The van der Waals surface area contributed by atoms with Crippen LogP contribution < -0.4 is 10.9 Å². The van der Waals surface area contributed by atoms with Gasteiger partial charge in [0.1, 0.15) is 5.56 Å². The molecule has 0 radical (unpaired) electrons. The lowest BCUT2D eigenvalue weighted by molar-refractivity contribution is 0.102. The molecule has 6 nitrogen and oxygen atoms in total. The second-order valence-corrected chi connectivity index (χ2v) is 4.04. The van der Waals surface area contributed by atoms with E-state index in [0.29, 0.717) is 5.69 Å². The molecule has 19 heavy (non-hydrogen) atoms. The summed E-state index contributed by atoms with van der Waals surface area (Å²) in [6, 6.07) is 8.44. The quantitative estimate of drug-likeness (QED) is 0.647. The Bertz CT molecular complexity index is 803. The van der Waals surface area contributed by atoms with E-state index in [1.165, 1.54) is 12.3 Å². The summed E-state index contributed by atoms with van der Waals surface area (Å²) in [4.78, 5) is 25.9. The number of hydrogen-bond donors (Lipinski definition) is 3. The van der Waals surface area contributed by atoms with Crippen molar-refractivity contribution >= 4 is 22.5 Å². The number of benzene rings is 1. The third-order valence-electron chi connectivity index (χ3n) is 2.76. The van der Waals surface area contributed by atoms with Gasteiger partial charge in [-0.25, -0.2) is 0 Å². The molecule has 2 aromatic heterocycles. The third-order valence-corrected chi connectivity index (χ3v) is 2.76. The van der Waals surface area contributed by atoms with Gasteiger partial charge in [0.25, 0.3) is 11.5 Å². The number of anilines is 1. The van der Waals surface area contributed by atoms with Crippen LogP contribution in [0.5, 0.6) is 0 Å². The smallest absolute Gasteiger partial charge is 0.261 e. The highest BCUT2D eigenvalue weighted by Crippen LogP contribution is 2.16. The van der Waals surface area contributed by atoms with Crippen LogP contribution in [0.25, 0.3) is 10.9 Å². The van der Waals surface area contributed by atoms with Gasteiger partial charge in [0, 0.05) is 17.3 Å².